The number of rotatable bonds is 6. The number of hydrogen-bond donors (Lipinski definition) is 2. The molecule has 0 bridgehead atoms. The third-order valence-electron chi connectivity index (χ3n) is 3.72. The highest BCUT2D eigenvalue weighted by molar-refractivity contribution is 7.10. The van der Waals surface area contributed by atoms with Gasteiger partial charge in [-0.2, -0.15) is 4.98 Å². The molecule has 0 aliphatic heterocycles. The molecule has 0 amide bonds. The van der Waals surface area contributed by atoms with Crippen molar-refractivity contribution in [1.82, 2.24) is 20.8 Å². The van der Waals surface area contributed by atoms with E-state index in [2.05, 4.69) is 57.1 Å². The summed E-state index contributed by atoms with van der Waals surface area (Å²) < 4.78 is 5.31. The van der Waals surface area contributed by atoms with Gasteiger partial charge in [-0.15, -0.1) is 11.3 Å². The van der Waals surface area contributed by atoms with Crippen molar-refractivity contribution >= 4 is 17.3 Å². The fourth-order valence-corrected chi connectivity index (χ4v) is 3.02. The zero-order chi connectivity index (χ0) is 18.5. The lowest BCUT2D eigenvalue weighted by Gasteiger charge is -2.25. The van der Waals surface area contributed by atoms with Gasteiger partial charge in [0.2, 0.25) is 5.89 Å². The van der Waals surface area contributed by atoms with Crippen LogP contribution in [0.5, 0.6) is 0 Å². The van der Waals surface area contributed by atoms with E-state index in [1.807, 2.05) is 27.7 Å². The minimum Gasteiger partial charge on any atom is -0.357 e. The highest BCUT2D eigenvalue weighted by Crippen LogP contribution is 2.26. The van der Waals surface area contributed by atoms with Crippen LogP contribution in [0.25, 0.3) is 0 Å². The molecule has 0 saturated carbocycles. The summed E-state index contributed by atoms with van der Waals surface area (Å²) in [5, 5.41) is 12.8. The summed E-state index contributed by atoms with van der Waals surface area (Å²) >= 11 is 1.78. The molecule has 0 radical (unpaired) electrons. The summed E-state index contributed by atoms with van der Waals surface area (Å²) in [6.07, 6.45) is 0. The first-order chi connectivity index (χ1) is 11.7. The predicted octanol–water partition coefficient (Wildman–Crippen LogP) is 3.46. The van der Waals surface area contributed by atoms with Crippen LogP contribution in [-0.4, -0.2) is 29.2 Å². The van der Waals surface area contributed by atoms with E-state index < -0.39 is 0 Å². The molecule has 138 valence electrons. The highest BCUT2D eigenvalue weighted by Gasteiger charge is 2.23. The standard InChI is InChI=1S/C18H29N5OS/c1-7-19-16(21-12-18(5,6)13-9-8-10-25-13)20-11-14-22-15(24-23-14)17(2,3)4/h8-10H,7,11-12H2,1-6H3,(H2,19,20,21). The maximum Gasteiger partial charge on any atom is 0.232 e. The average molecular weight is 364 g/mol. The fourth-order valence-electron chi connectivity index (χ4n) is 2.17. The summed E-state index contributed by atoms with van der Waals surface area (Å²) in [5.41, 5.74) is -0.113. The molecule has 2 rings (SSSR count). The summed E-state index contributed by atoms with van der Waals surface area (Å²) in [4.78, 5) is 10.4. The monoisotopic (exact) mass is 363 g/mol. The van der Waals surface area contributed by atoms with Gasteiger partial charge in [0.15, 0.2) is 11.8 Å². The van der Waals surface area contributed by atoms with Gasteiger partial charge in [-0.1, -0.05) is 45.8 Å². The number of hydrogen-bond acceptors (Lipinski definition) is 5. The van der Waals surface area contributed by atoms with E-state index in [0.29, 0.717) is 18.3 Å². The van der Waals surface area contributed by atoms with Crippen molar-refractivity contribution in [2.75, 3.05) is 13.1 Å². The lowest BCUT2D eigenvalue weighted by molar-refractivity contribution is 0.318. The molecule has 6 nitrogen and oxygen atoms in total. The Kier molecular flexibility index (Phi) is 6.21. The zero-order valence-electron chi connectivity index (χ0n) is 16.0. The molecule has 0 aliphatic rings. The van der Waals surface area contributed by atoms with Crippen molar-refractivity contribution < 1.29 is 4.52 Å². The second-order valence-electron chi connectivity index (χ2n) is 7.68. The molecule has 0 saturated heterocycles. The Morgan fingerprint density at radius 2 is 2.00 bits per heavy atom. The summed E-state index contributed by atoms with van der Waals surface area (Å²) in [6, 6.07) is 4.26. The van der Waals surface area contributed by atoms with Crippen molar-refractivity contribution in [3.05, 3.63) is 34.1 Å². The smallest absolute Gasteiger partial charge is 0.232 e. The molecule has 0 aliphatic carbocycles. The van der Waals surface area contributed by atoms with E-state index in [1.54, 1.807) is 11.3 Å². The van der Waals surface area contributed by atoms with Crippen molar-refractivity contribution in [2.24, 2.45) is 4.99 Å². The minimum absolute atomic E-state index is 0.0376. The summed E-state index contributed by atoms with van der Waals surface area (Å²) in [5.74, 6) is 1.99. The molecule has 2 aromatic rings. The Labute approximate surface area is 154 Å². The van der Waals surface area contributed by atoms with Crippen molar-refractivity contribution in [1.29, 1.82) is 0 Å². The van der Waals surface area contributed by atoms with Crippen LogP contribution in [0.3, 0.4) is 0 Å². The topological polar surface area (TPSA) is 75.3 Å². The number of aliphatic imine (C=N–C) groups is 1. The second-order valence-corrected chi connectivity index (χ2v) is 8.62. The first-order valence-electron chi connectivity index (χ1n) is 8.61. The minimum atomic E-state index is -0.150. The van der Waals surface area contributed by atoms with Crippen molar-refractivity contribution in [3.63, 3.8) is 0 Å². The molecular formula is C18H29N5OS. The lowest BCUT2D eigenvalue weighted by Crippen LogP contribution is -2.43. The molecule has 0 unspecified atom stereocenters. The van der Waals surface area contributed by atoms with Crippen LogP contribution in [0, 0.1) is 0 Å². The molecule has 0 fully saturated rings. The highest BCUT2D eigenvalue weighted by atomic mass is 32.1. The quantitative estimate of drug-likeness (QED) is 0.607. The van der Waals surface area contributed by atoms with Crippen LogP contribution < -0.4 is 10.6 Å². The van der Waals surface area contributed by atoms with Crippen molar-refractivity contribution in [2.45, 2.75) is 58.9 Å². The molecule has 25 heavy (non-hydrogen) atoms. The maximum atomic E-state index is 5.31. The number of thiophene rings is 1. The first-order valence-corrected chi connectivity index (χ1v) is 9.49. The molecule has 2 N–H and O–H groups in total. The van der Waals surface area contributed by atoms with Gasteiger partial charge in [-0.05, 0) is 18.4 Å². The number of guanidine groups is 1. The van der Waals surface area contributed by atoms with Crippen LogP contribution in [0.4, 0.5) is 0 Å². The van der Waals surface area contributed by atoms with E-state index in [-0.39, 0.29) is 10.8 Å². The molecule has 0 atom stereocenters. The average Bonchev–Trinajstić information content (AvgIpc) is 3.20. The van der Waals surface area contributed by atoms with Crippen LogP contribution in [-0.2, 0) is 17.4 Å². The van der Waals surface area contributed by atoms with Gasteiger partial charge in [0.05, 0.1) is 0 Å². The Morgan fingerprint density at radius 3 is 2.56 bits per heavy atom. The Hall–Kier alpha value is -1.89. The van der Waals surface area contributed by atoms with Crippen LogP contribution >= 0.6 is 11.3 Å². The molecule has 0 spiro atoms. The summed E-state index contributed by atoms with van der Waals surface area (Å²) in [7, 11) is 0. The Balaban J connectivity index is 2.00. The molecule has 2 heterocycles. The molecule has 0 aromatic carbocycles. The van der Waals surface area contributed by atoms with E-state index in [0.717, 1.165) is 19.0 Å². The molecular weight excluding hydrogens is 334 g/mol. The van der Waals surface area contributed by atoms with Crippen molar-refractivity contribution in [3.8, 4) is 0 Å². The largest absolute Gasteiger partial charge is 0.357 e. The Bertz CT molecular complexity index is 683. The maximum absolute atomic E-state index is 5.31. The normalized spacial score (nSPS) is 13.1. The predicted molar refractivity (Wildman–Crippen MR) is 103 cm³/mol. The van der Waals surface area contributed by atoms with Gasteiger partial charge >= 0.3 is 0 Å². The van der Waals surface area contributed by atoms with Gasteiger partial charge in [0, 0.05) is 28.8 Å². The van der Waals surface area contributed by atoms with Gasteiger partial charge in [-0.25, -0.2) is 4.99 Å². The number of nitrogens with one attached hydrogen (secondary N) is 2. The van der Waals surface area contributed by atoms with Gasteiger partial charge in [0.25, 0.3) is 0 Å². The van der Waals surface area contributed by atoms with Crippen LogP contribution in [0.2, 0.25) is 0 Å². The van der Waals surface area contributed by atoms with Gasteiger partial charge in [-0.3, -0.25) is 0 Å². The number of aromatic nitrogens is 2. The molecule has 2 aromatic heterocycles. The Morgan fingerprint density at radius 1 is 1.24 bits per heavy atom. The number of nitrogens with zero attached hydrogens (tertiary/aromatic N) is 3. The first kappa shape index (κ1) is 19.4. The molecule has 7 heteroatoms. The second kappa shape index (κ2) is 7.99. The van der Waals surface area contributed by atoms with Crippen LogP contribution in [0.1, 0.15) is 58.1 Å². The van der Waals surface area contributed by atoms with E-state index in [1.165, 1.54) is 4.88 Å². The van der Waals surface area contributed by atoms with Crippen LogP contribution in [0.15, 0.2) is 27.0 Å². The van der Waals surface area contributed by atoms with Gasteiger partial charge < -0.3 is 15.2 Å². The third-order valence-corrected chi connectivity index (χ3v) is 4.95. The zero-order valence-corrected chi connectivity index (χ0v) is 16.8. The van der Waals surface area contributed by atoms with E-state index >= 15 is 0 Å². The third kappa shape index (κ3) is 5.56. The SMILES string of the molecule is CCNC(=NCc1noc(C(C)(C)C)n1)NCC(C)(C)c1cccs1. The van der Waals surface area contributed by atoms with Gasteiger partial charge in [0.1, 0.15) is 6.54 Å². The fraction of sp³-hybridized carbons (Fsp3) is 0.611. The van der Waals surface area contributed by atoms with E-state index in [4.69, 9.17) is 4.52 Å². The van der Waals surface area contributed by atoms with E-state index in [9.17, 15) is 0 Å². The lowest BCUT2D eigenvalue weighted by atomic mass is 9.91. The summed E-state index contributed by atoms with van der Waals surface area (Å²) in [6.45, 7) is 14.6.